The molecule has 2 heterocycles. The Hall–Kier alpha value is -4.28. The number of amides is 2. The van der Waals surface area contributed by atoms with E-state index in [0.29, 0.717) is 26.0 Å². The molecule has 9 nitrogen and oxygen atoms in total. The molecule has 0 unspecified atom stereocenters. The maximum absolute atomic E-state index is 13.6. The van der Waals surface area contributed by atoms with Crippen molar-refractivity contribution in [3.63, 3.8) is 0 Å². The van der Waals surface area contributed by atoms with Crippen LogP contribution in [0.15, 0.2) is 76.3 Å². The number of benzene rings is 3. The van der Waals surface area contributed by atoms with E-state index in [4.69, 9.17) is 16.3 Å². The molecule has 1 aromatic heterocycles. The van der Waals surface area contributed by atoms with Gasteiger partial charge in [-0.15, -0.1) is 0 Å². The van der Waals surface area contributed by atoms with Crippen LogP contribution in [-0.4, -0.2) is 40.2 Å². The maximum Gasteiger partial charge on any atom is 0.332 e. The first-order valence-corrected chi connectivity index (χ1v) is 13.6. The fourth-order valence-corrected chi connectivity index (χ4v) is 5.03. The SMILES string of the molecule is O=C(Cn1c(=O)n(C[C@H]2CCCO2)c(=O)c2ccc(C(=O)NCCc3ccccc3)cc21)Nc1ccc(F)c(Cl)c1. The Balaban J connectivity index is 1.46. The van der Waals surface area contributed by atoms with Crippen molar-refractivity contribution < 1.29 is 18.7 Å². The van der Waals surface area contributed by atoms with Crippen LogP contribution < -0.4 is 21.9 Å². The first kappa shape index (κ1) is 28.3. The van der Waals surface area contributed by atoms with Crippen LogP contribution in [0.2, 0.25) is 5.02 Å². The molecule has 3 aromatic carbocycles. The average molecular weight is 579 g/mol. The second-order valence-corrected chi connectivity index (χ2v) is 10.2. The van der Waals surface area contributed by atoms with Gasteiger partial charge in [0.15, 0.2) is 0 Å². The van der Waals surface area contributed by atoms with Gasteiger partial charge < -0.3 is 15.4 Å². The van der Waals surface area contributed by atoms with E-state index in [1.807, 2.05) is 30.3 Å². The van der Waals surface area contributed by atoms with Crippen LogP contribution in [0.5, 0.6) is 0 Å². The Bertz CT molecular complexity index is 1710. The number of carbonyl (C=O) groups is 2. The number of anilines is 1. The number of rotatable bonds is 9. The summed E-state index contributed by atoms with van der Waals surface area (Å²) in [6, 6.07) is 17.9. The summed E-state index contributed by atoms with van der Waals surface area (Å²) in [5, 5.41) is 5.47. The van der Waals surface area contributed by atoms with Crippen molar-refractivity contribution in [3.8, 4) is 0 Å². The lowest BCUT2D eigenvalue weighted by Gasteiger charge is -2.17. The molecule has 1 aliphatic rings. The van der Waals surface area contributed by atoms with Gasteiger partial charge in [0.25, 0.3) is 11.5 Å². The summed E-state index contributed by atoms with van der Waals surface area (Å²) in [6.45, 7) is 0.519. The molecule has 0 spiro atoms. The number of fused-ring (bicyclic) bond motifs is 1. The average Bonchev–Trinajstić information content (AvgIpc) is 3.49. The van der Waals surface area contributed by atoms with Crippen LogP contribution in [0.3, 0.4) is 0 Å². The zero-order valence-corrected chi connectivity index (χ0v) is 22.8. The second-order valence-electron chi connectivity index (χ2n) is 9.82. The summed E-state index contributed by atoms with van der Waals surface area (Å²) < 4.78 is 21.4. The topological polar surface area (TPSA) is 111 Å². The highest BCUT2D eigenvalue weighted by Crippen LogP contribution is 2.20. The van der Waals surface area contributed by atoms with Crippen LogP contribution in [0, 0.1) is 5.82 Å². The third-order valence-corrected chi connectivity index (χ3v) is 7.24. The quantitative estimate of drug-likeness (QED) is 0.314. The van der Waals surface area contributed by atoms with Crippen molar-refractivity contribution in [2.24, 2.45) is 0 Å². The van der Waals surface area contributed by atoms with E-state index in [1.54, 1.807) is 0 Å². The predicted octanol–water partition coefficient (Wildman–Crippen LogP) is 3.75. The van der Waals surface area contributed by atoms with Crippen LogP contribution in [0.1, 0.15) is 28.8 Å². The summed E-state index contributed by atoms with van der Waals surface area (Å²) in [4.78, 5) is 53.0. The van der Waals surface area contributed by atoms with Crippen molar-refractivity contribution in [3.05, 3.63) is 110 Å². The number of nitrogens with zero attached hydrogens (tertiary/aromatic N) is 2. The third-order valence-electron chi connectivity index (χ3n) is 6.95. The van der Waals surface area contributed by atoms with Gasteiger partial charge in [0, 0.05) is 24.4 Å². The van der Waals surface area contributed by atoms with Crippen LogP contribution in [0.4, 0.5) is 10.1 Å². The molecular formula is C30H28ClFN4O5. The molecule has 2 N–H and O–H groups in total. The molecule has 5 rings (SSSR count). The zero-order chi connectivity index (χ0) is 28.9. The van der Waals surface area contributed by atoms with E-state index in [9.17, 15) is 23.6 Å². The van der Waals surface area contributed by atoms with Crippen molar-refractivity contribution in [1.29, 1.82) is 0 Å². The largest absolute Gasteiger partial charge is 0.376 e. The van der Waals surface area contributed by atoms with E-state index < -0.39 is 29.5 Å². The number of carbonyl (C=O) groups excluding carboxylic acids is 2. The summed E-state index contributed by atoms with van der Waals surface area (Å²) in [6.07, 6.45) is 1.87. The highest BCUT2D eigenvalue weighted by molar-refractivity contribution is 6.31. The number of hydrogen-bond donors (Lipinski definition) is 2. The number of ether oxygens (including phenoxy) is 1. The van der Waals surface area contributed by atoms with Gasteiger partial charge in [0.2, 0.25) is 5.91 Å². The lowest BCUT2D eigenvalue weighted by Crippen LogP contribution is -2.43. The highest BCUT2D eigenvalue weighted by atomic mass is 35.5. The number of nitrogens with one attached hydrogen (secondary N) is 2. The van der Waals surface area contributed by atoms with Gasteiger partial charge in [-0.2, -0.15) is 0 Å². The molecule has 4 aromatic rings. The predicted molar refractivity (Wildman–Crippen MR) is 154 cm³/mol. The van der Waals surface area contributed by atoms with E-state index in [1.165, 1.54) is 30.3 Å². The van der Waals surface area contributed by atoms with Crippen molar-refractivity contribution >= 4 is 40.0 Å². The molecule has 1 atom stereocenters. The number of halogens is 2. The standard InChI is InChI=1S/C30H28ClFN4O5/c31-24-16-21(9-11-25(24)32)34-27(37)18-35-26-15-20(28(38)33-13-12-19-5-2-1-3-6-19)8-10-23(26)29(39)36(30(35)40)17-22-7-4-14-41-22/h1-3,5-6,8-11,15-16,22H,4,7,12-14,17-18H2,(H,33,38)(H,34,37)/t22-/m1/s1. The molecule has 41 heavy (non-hydrogen) atoms. The molecule has 1 fully saturated rings. The number of hydrogen-bond acceptors (Lipinski definition) is 5. The van der Waals surface area contributed by atoms with Gasteiger partial charge in [0.05, 0.1) is 28.6 Å². The highest BCUT2D eigenvalue weighted by Gasteiger charge is 2.22. The van der Waals surface area contributed by atoms with Gasteiger partial charge in [-0.1, -0.05) is 41.9 Å². The Morgan fingerprint density at radius 3 is 2.56 bits per heavy atom. The first-order valence-electron chi connectivity index (χ1n) is 13.3. The van der Waals surface area contributed by atoms with Gasteiger partial charge in [-0.25, -0.2) is 9.18 Å². The Kier molecular flexibility index (Phi) is 8.61. The molecular weight excluding hydrogens is 551 g/mol. The molecule has 2 amide bonds. The first-order chi connectivity index (χ1) is 19.8. The summed E-state index contributed by atoms with van der Waals surface area (Å²) in [5.74, 6) is -1.62. The lowest BCUT2D eigenvalue weighted by atomic mass is 10.1. The van der Waals surface area contributed by atoms with Crippen molar-refractivity contribution in [2.45, 2.75) is 38.5 Å². The molecule has 0 radical (unpaired) electrons. The fourth-order valence-electron chi connectivity index (χ4n) is 4.85. The molecule has 0 bridgehead atoms. The minimum atomic E-state index is -0.702. The van der Waals surface area contributed by atoms with Crippen LogP contribution in [-0.2, 0) is 29.0 Å². The maximum atomic E-state index is 13.6. The Morgan fingerprint density at radius 1 is 1.02 bits per heavy atom. The Labute approximate surface area is 239 Å². The molecule has 11 heteroatoms. The minimum Gasteiger partial charge on any atom is -0.376 e. The molecule has 212 valence electrons. The third kappa shape index (κ3) is 6.55. The van der Waals surface area contributed by atoms with Crippen molar-refractivity contribution in [2.75, 3.05) is 18.5 Å². The number of aromatic nitrogens is 2. The van der Waals surface area contributed by atoms with Crippen molar-refractivity contribution in [1.82, 2.24) is 14.5 Å². The van der Waals surface area contributed by atoms with Gasteiger partial charge in [0.1, 0.15) is 12.4 Å². The van der Waals surface area contributed by atoms with Crippen LogP contribution >= 0.6 is 11.6 Å². The zero-order valence-electron chi connectivity index (χ0n) is 22.1. The molecule has 1 saturated heterocycles. The van der Waals surface area contributed by atoms with Gasteiger partial charge in [-0.05, 0) is 61.2 Å². The van der Waals surface area contributed by atoms with E-state index in [2.05, 4.69) is 10.6 Å². The minimum absolute atomic E-state index is 0.0462. The summed E-state index contributed by atoms with van der Waals surface area (Å²) >= 11 is 5.83. The van der Waals surface area contributed by atoms with E-state index >= 15 is 0 Å². The molecule has 0 aliphatic carbocycles. The molecule has 0 saturated carbocycles. The fraction of sp³-hybridized carbons (Fsp3) is 0.267. The van der Waals surface area contributed by atoms with Gasteiger partial charge >= 0.3 is 5.69 Å². The van der Waals surface area contributed by atoms with E-state index in [-0.39, 0.29) is 45.7 Å². The summed E-state index contributed by atoms with van der Waals surface area (Å²) in [7, 11) is 0. The van der Waals surface area contributed by atoms with Crippen LogP contribution in [0.25, 0.3) is 10.9 Å². The monoisotopic (exact) mass is 578 g/mol. The molecule has 1 aliphatic heterocycles. The smallest absolute Gasteiger partial charge is 0.332 e. The lowest BCUT2D eigenvalue weighted by molar-refractivity contribution is -0.116. The van der Waals surface area contributed by atoms with E-state index in [0.717, 1.165) is 27.2 Å². The van der Waals surface area contributed by atoms with Gasteiger partial charge in [-0.3, -0.25) is 23.5 Å². The normalized spacial score (nSPS) is 14.7. The summed E-state index contributed by atoms with van der Waals surface area (Å²) in [5.41, 5.74) is 0.461. The Morgan fingerprint density at radius 2 is 1.83 bits per heavy atom. The second kappa shape index (κ2) is 12.5.